The molecule has 154 valence electrons. The predicted octanol–water partition coefficient (Wildman–Crippen LogP) is 3.61. The van der Waals surface area contributed by atoms with Gasteiger partial charge in [0.2, 0.25) is 0 Å². The van der Waals surface area contributed by atoms with E-state index in [4.69, 9.17) is 0 Å². The molecular weight excluding hydrogens is 372 g/mol. The van der Waals surface area contributed by atoms with E-state index in [0.717, 1.165) is 37.6 Å². The number of hydrogen-bond acceptors (Lipinski definition) is 2. The maximum atomic E-state index is 4.34. The van der Waals surface area contributed by atoms with Crippen LogP contribution < -0.4 is 10.6 Å². The van der Waals surface area contributed by atoms with E-state index in [-0.39, 0.29) is 0 Å². The first-order valence-corrected chi connectivity index (χ1v) is 10.3. The van der Waals surface area contributed by atoms with Crippen molar-refractivity contribution in [2.45, 2.75) is 19.8 Å². The monoisotopic (exact) mass is 400 g/mol. The smallest absolute Gasteiger partial charge is 0.190 e. The zero-order valence-corrected chi connectivity index (χ0v) is 17.5. The third-order valence-corrected chi connectivity index (χ3v) is 5.32. The second-order valence-electron chi connectivity index (χ2n) is 7.35. The number of aliphatic imine (C=N–C) groups is 1. The molecule has 3 N–H and O–H groups in total. The minimum absolute atomic E-state index is 0.826. The molecule has 4 aromatic rings. The first kappa shape index (κ1) is 19.8. The van der Waals surface area contributed by atoms with Crippen molar-refractivity contribution in [2.24, 2.45) is 4.99 Å². The summed E-state index contributed by atoms with van der Waals surface area (Å²) in [6, 6.07) is 16.8. The highest BCUT2D eigenvalue weighted by molar-refractivity contribution is 5.86. The van der Waals surface area contributed by atoms with Crippen molar-refractivity contribution in [1.29, 1.82) is 0 Å². The number of rotatable bonds is 7. The molecule has 4 rings (SSSR count). The Hall–Kier alpha value is -3.54. The number of aryl methyl sites for hydroxylation is 1. The normalized spacial score (nSPS) is 11.7. The van der Waals surface area contributed by atoms with Crippen LogP contribution in [0.2, 0.25) is 0 Å². The van der Waals surface area contributed by atoms with Crippen molar-refractivity contribution in [2.75, 3.05) is 20.1 Å². The van der Waals surface area contributed by atoms with Gasteiger partial charge >= 0.3 is 0 Å². The number of benzene rings is 2. The molecule has 0 fully saturated rings. The Morgan fingerprint density at radius 2 is 1.83 bits per heavy atom. The summed E-state index contributed by atoms with van der Waals surface area (Å²) in [5.41, 5.74) is 6.20. The maximum Gasteiger partial charge on any atom is 0.190 e. The molecule has 6 heteroatoms. The van der Waals surface area contributed by atoms with E-state index >= 15 is 0 Å². The summed E-state index contributed by atoms with van der Waals surface area (Å²) in [5, 5.41) is 12.4. The summed E-state index contributed by atoms with van der Waals surface area (Å²) >= 11 is 0. The van der Waals surface area contributed by atoms with Crippen LogP contribution >= 0.6 is 0 Å². The summed E-state index contributed by atoms with van der Waals surface area (Å²) < 4.78 is 1.86. The molecule has 0 atom stereocenters. The van der Waals surface area contributed by atoms with Crippen LogP contribution in [0, 0.1) is 6.92 Å². The van der Waals surface area contributed by atoms with E-state index in [9.17, 15) is 0 Å². The number of nitrogens with zero attached hydrogens (tertiary/aromatic N) is 3. The van der Waals surface area contributed by atoms with Gasteiger partial charge in [-0.05, 0) is 60.7 Å². The number of fused-ring (bicyclic) bond motifs is 1. The Morgan fingerprint density at radius 3 is 2.57 bits per heavy atom. The highest BCUT2D eigenvalue weighted by atomic mass is 15.3. The molecule has 0 radical (unpaired) electrons. The van der Waals surface area contributed by atoms with E-state index < -0.39 is 0 Å². The Kier molecular flexibility index (Phi) is 6.13. The van der Waals surface area contributed by atoms with Gasteiger partial charge in [-0.15, -0.1) is 0 Å². The van der Waals surface area contributed by atoms with Crippen LogP contribution in [0.4, 0.5) is 0 Å². The highest BCUT2D eigenvalue weighted by Crippen LogP contribution is 2.22. The van der Waals surface area contributed by atoms with Gasteiger partial charge < -0.3 is 15.6 Å². The number of guanidine groups is 1. The molecule has 0 spiro atoms. The number of aromatic amines is 1. The van der Waals surface area contributed by atoms with Crippen molar-refractivity contribution in [3.05, 3.63) is 83.8 Å². The van der Waals surface area contributed by atoms with E-state index in [1.54, 1.807) is 6.20 Å². The van der Waals surface area contributed by atoms with E-state index in [0.29, 0.717) is 0 Å². The van der Waals surface area contributed by atoms with Gasteiger partial charge in [-0.3, -0.25) is 4.99 Å². The number of hydrogen-bond donors (Lipinski definition) is 3. The predicted molar refractivity (Wildman–Crippen MR) is 123 cm³/mol. The molecule has 2 heterocycles. The molecule has 0 aliphatic carbocycles. The third kappa shape index (κ3) is 4.54. The van der Waals surface area contributed by atoms with Crippen LogP contribution in [-0.4, -0.2) is 40.9 Å². The lowest BCUT2D eigenvalue weighted by Crippen LogP contribution is -2.39. The quantitative estimate of drug-likeness (QED) is 0.328. The lowest BCUT2D eigenvalue weighted by molar-refractivity contribution is 0.785. The van der Waals surface area contributed by atoms with Crippen LogP contribution in [0.15, 0.2) is 72.1 Å². The van der Waals surface area contributed by atoms with Crippen LogP contribution in [0.25, 0.3) is 16.6 Å². The van der Waals surface area contributed by atoms with Gasteiger partial charge in [0, 0.05) is 49.6 Å². The summed E-state index contributed by atoms with van der Waals surface area (Å²) in [6.45, 7) is 3.82. The van der Waals surface area contributed by atoms with Gasteiger partial charge in [0.25, 0.3) is 0 Å². The van der Waals surface area contributed by atoms with Gasteiger partial charge in [0.1, 0.15) is 0 Å². The molecule has 0 amide bonds. The van der Waals surface area contributed by atoms with Gasteiger partial charge in [0.05, 0.1) is 5.69 Å². The molecule has 0 saturated heterocycles. The van der Waals surface area contributed by atoms with Gasteiger partial charge in [-0.2, -0.15) is 5.10 Å². The summed E-state index contributed by atoms with van der Waals surface area (Å²) in [6.07, 6.45) is 7.73. The average molecular weight is 401 g/mol. The largest absolute Gasteiger partial charge is 0.361 e. The highest BCUT2D eigenvalue weighted by Gasteiger charge is 2.06. The molecular formula is C24H28N6. The number of H-pyrrole nitrogens is 1. The van der Waals surface area contributed by atoms with Crippen LogP contribution in [0.3, 0.4) is 0 Å². The van der Waals surface area contributed by atoms with Crippen molar-refractivity contribution >= 4 is 16.9 Å². The van der Waals surface area contributed by atoms with E-state index in [1.165, 1.54) is 27.6 Å². The molecule has 2 aromatic carbocycles. The molecule has 6 nitrogen and oxygen atoms in total. The van der Waals surface area contributed by atoms with Crippen molar-refractivity contribution < 1.29 is 0 Å². The van der Waals surface area contributed by atoms with Crippen molar-refractivity contribution in [3.63, 3.8) is 0 Å². The summed E-state index contributed by atoms with van der Waals surface area (Å²) in [4.78, 5) is 7.71. The second kappa shape index (κ2) is 9.31. The fourth-order valence-corrected chi connectivity index (χ4v) is 3.75. The van der Waals surface area contributed by atoms with Crippen LogP contribution in [-0.2, 0) is 12.8 Å². The first-order valence-electron chi connectivity index (χ1n) is 10.3. The molecule has 0 saturated carbocycles. The summed E-state index contributed by atoms with van der Waals surface area (Å²) in [5.74, 6) is 0.833. The molecule has 0 aliphatic rings. The molecule has 0 aliphatic heterocycles. The Labute approximate surface area is 177 Å². The summed E-state index contributed by atoms with van der Waals surface area (Å²) in [7, 11) is 1.81. The zero-order valence-electron chi connectivity index (χ0n) is 17.5. The maximum absolute atomic E-state index is 4.34. The van der Waals surface area contributed by atoms with Crippen LogP contribution in [0.1, 0.15) is 16.7 Å². The molecule has 30 heavy (non-hydrogen) atoms. The fourth-order valence-electron chi connectivity index (χ4n) is 3.75. The fraction of sp³-hybridized carbons (Fsp3) is 0.250. The molecule has 2 aromatic heterocycles. The van der Waals surface area contributed by atoms with Gasteiger partial charge in [0.15, 0.2) is 5.96 Å². The van der Waals surface area contributed by atoms with Crippen LogP contribution in [0.5, 0.6) is 0 Å². The van der Waals surface area contributed by atoms with Crippen molar-refractivity contribution in [3.8, 4) is 5.69 Å². The van der Waals surface area contributed by atoms with Crippen molar-refractivity contribution in [1.82, 2.24) is 25.4 Å². The second-order valence-corrected chi connectivity index (χ2v) is 7.35. The molecule has 0 unspecified atom stereocenters. The molecule has 0 bridgehead atoms. The Bertz CT molecular complexity index is 1110. The van der Waals surface area contributed by atoms with Gasteiger partial charge in [-0.1, -0.05) is 24.3 Å². The number of aromatic nitrogens is 3. The first-order chi connectivity index (χ1) is 14.7. The standard InChI is InChI=1S/C24H28N6/c1-18-5-3-6-22-23(18)20(17-28-22)12-15-27-24(25-2)26-14-11-19-7-9-21(10-8-19)30-16-4-13-29-30/h3-10,13,16-17,28H,11-12,14-15H2,1-2H3,(H2,25,26,27). The lowest BCUT2D eigenvalue weighted by atomic mass is 10.1. The third-order valence-electron chi connectivity index (χ3n) is 5.32. The minimum atomic E-state index is 0.826. The van der Waals surface area contributed by atoms with E-state index in [1.807, 2.05) is 24.0 Å². The van der Waals surface area contributed by atoms with Gasteiger partial charge in [-0.25, -0.2) is 4.68 Å². The topological polar surface area (TPSA) is 70.0 Å². The zero-order chi connectivity index (χ0) is 20.8. The average Bonchev–Trinajstić information content (AvgIpc) is 3.44. The Balaban J connectivity index is 1.24. The van der Waals surface area contributed by atoms with E-state index in [2.05, 4.69) is 81.3 Å². The minimum Gasteiger partial charge on any atom is -0.361 e. The number of nitrogens with one attached hydrogen (secondary N) is 3. The lowest BCUT2D eigenvalue weighted by Gasteiger charge is -2.12. The SMILES string of the molecule is CN=C(NCCc1ccc(-n2cccn2)cc1)NCCc1c[nH]c2cccc(C)c12. The Morgan fingerprint density at radius 1 is 1.03 bits per heavy atom.